The molecule has 0 spiro atoms. The van der Waals surface area contributed by atoms with Gasteiger partial charge in [-0.2, -0.15) is 0 Å². The van der Waals surface area contributed by atoms with E-state index in [0.29, 0.717) is 25.2 Å². The SMILES string of the molecule is CN(Cc1ccoc1)c1ccc(CCN)cc1F. The third kappa shape index (κ3) is 2.90. The van der Waals surface area contributed by atoms with Crippen LogP contribution in [-0.2, 0) is 13.0 Å². The fraction of sp³-hybridized carbons (Fsp3) is 0.286. The van der Waals surface area contributed by atoms with Crippen molar-refractivity contribution < 1.29 is 8.81 Å². The van der Waals surface area contributed by atoms with Crippen molar-refractivity contribution in [1.29, 1.82) is 0 Å². The lowest BCUT2D eigenvalue weighted by Crippen LogP contribution is -2.17. The van der Waals surface area contributed by atoms with Crippen LogP contribution in [0.3, 0.4) is 0 Å². The molecule has 0 bridgehead atoms. The fourth-order valence-corrected chi connectivity index (χ4v) is 1.92. The van der Waals surface area contributed by atoms with Gasteiger partial charge >= 0.3 is 0 Å². The van der Waals surface area contributed by atoms with Gasteiger partial charge in [0.1, 0.15) is 5.82 Å². The van der Waals surface area contributed by atoms with Crippen molar-refractivity contribution in [3.8, 4) is 0 Å². The number of benzene rings is 1. The van der Waals surface area contributed by atoms with Gasteiger partial charge < -0.3 is 15.1 Å². The second-order valence-corrected chi connectivity index (χ2v) is 4.31. The highest BCUT2D eigenvalue weighted by atomic mass is 19.1. The number of nitrogens with two attached hydrogens (primary N) is 1. The predicted octanol–water partition coefficient (Wildman–Crippen LogP) is 2.56. The Balaban J connectivity index is 2.12. The van der Waals surface area contributed by atoms with Crippen molar-refractivity contribution in [2.75, 3.05) is 18.5 Å². The number of hydrogen-bond donors (Lipinski definition) is 1. The molecule has 0 aliphatic rings. The molecule has 0 radical (unpaired) electrons. The lowest BCUT2D eigenvalue weighted by molar-refractivity contribution is 0.563. The summed E-state index contributed by atoms with van der Waals surface area (Å²) in [6.07, 6.45) is 3.98. The van der Waals surface area contributed by atoms with Gasteiger partial charge in [0.15, 0.2) is 0 Å². The van der Waals surface area contributed by atoms with E-state index in [0.717, 1.165) is 11.1 Å². The molecule has 0 fully saturated rings. The first-order chi connectivity index (χ1) is 8.70. The maximum atomic E-state index is 13.9. The van der Waals surface area contributed by atoms with E-state index in [1.165, 1.54) is 0 Å². The number of rotatable bonds is 5. The van der Waals surface area contributed by atoms with E-state index in [1.54, 1.807) is 24.7 Å². The zero-order valence-electron chi connectivity index (χ0n) is 10.4. The van der Waals surface area contributed by atoms with Crippen LogP contribution in [0, 0.1) is 5.82 Å². The third-order valence-electron chi connectivity index (χ3n) is 2.86. The second kappa shape index (κ2) is 5.69. The minimum absolute atomic E-state index is 0.216. The third-order valence-corrected chi connectivity index (χ3v) is 2.86. The fourth-order valence-electron chi connectivity index (χ4n) is 1.92. The van der Waals surface area contributed by atoms with Crippen molar-refractivity contribution >= 4 is 5.69 Å². The minimum atomic E-state index is -0.216. The highest BCUT2D eigenvalue weighted by Crippen LogP contribution is 2.21. The molecule has 2 aromatic rings. The Bertz CT molecular complexity index is 497. The van der Waals surface area contributed by atoms with E-state index in [-0.39, 0.29) is 5.82 Å². The molecule has 2 N–H and O–H groups in total. The van der Waals surface area contributed by atoms with Crippen molar-refractivity contribution in [3.63, 3.8) is 0 Å². The van der Waals surface area contributed by atoms with E-state index in [9.17, 15) is 4.39 Å². The van der Waals surface area contributed by atoms with Crippen LogP contribution in [0.5, 0.6) is 0 Å². The summed E-state index contributed by atoms with van der Waals surface area (Å²) in [5, 5.41) is 0. The minimum Gasteiger partial charge on any atom is -0.472 e. The Labute approximate surface area is 106 Å². The molecule has 0 amide bonds. The van der Waals surface area contributed by atoms with E-state index in [4.69, 9.17) is 10.2 Å². The van der Waals surface area contributed by atoms with Crippen LogP contribution in [0.2, 0.25) is 0 Å². The Morgan fingerprint density at radius 1 is 1.28 bits per heavy atom. The molecule has 0 saturated carbocycles. The van der Waals surface area contributed by atoms with Crippen LogP contribution in [-0.4, -0.2) is 13.6 Å². The summed E-state index contributed by atoms with van der Waals surface area (Å²) < 4.78 is 18.9. The lowest BCUT2D eigenvalue weighted by Gasteiger charge is -2.19. The van der Waals surface area contributed by atoms with Crippen LogP contribution < -0.4 is 10.6 Å². The van der Waals surface area contributed by atoms with Crippen LogP contribution in [0.4, 0.5) is 10.1 Å². The van der Waals surface area contributed by atoms with E-state index in [1.807, 2.05) is 24.1 Å². The van der Waals surface area contributed by atoms with Gasteiger partial charge in [0.25, 0.3) is 0 Å². The van der Waals surface area contributed by atoms with Gasteiger partial charge in [0, 0.05) is 19.2 Å². The van der Waals surface area contributed by atoms with Gasteiger partial charge in [-0.1, -0.05) is 6.07 Å². The normalized spacial score (nSPS) is 10.6. The van der Waals surface area contributed by atoms with Gasteiger partial charge in [0.05, 0.1) is 18.2 Å². The topological polar surface area (TPSA) is 42.4 Å². The molecule has 1 aromatic heterocycles. The summed E-state index contributed by atoms with van der Waals surface area (Å²) in [6, 6.07) is 7.13. The Hall–Kier alpha value is -1.81. The van der Waals surface area contributed by atoms with Gasteiger partial charge in [0.2, 0.25) is 0 Å². The predicted molar refractivity (Wildman–Crippen MR) is 70.0 cm³/mol. The quantitative estimate of drug-likeness (QED) is 0.884. The van der Waals surface area contributed by atoms with Crippen LogP contribution in [0.1, 0.15) is 11.1 Å². The van der Waals surface area contributed by atoms with E-state index in [2.05, 4.69) is 0 Å². The maximum Gasteiger partial charge on any atom is 0.146 e. The first-order valence-corrected chi connectivity index (χ1v) is 5.91. The Morgan fingerprint density at radius 3 is 2.72 bits per heavy atom. The molecule has 1 heterocycles. The van der Waals surface area contributed by atoms with Crippen LogP contribution >= 0.6 is 0 Å². The molecule has 18 heavy (non-hydrogen) atoms. The molecule has 3 nitrogen and oxygen atoms in total. The molecular weight excluding hydrogens is 231 g/mol. The van der Waals surface area contributed by atoms with Crippen LogP contribution in [0.25, 0.3) is 0 Å². The number of nitrogens with zero attached hydrogens (tertiary/aromatic N) is 1. The number of hydrogen-bond acceptors (Lipinski definition) is 3. The first-order valence-electron chi connectivity index (χ1n) is 5.91. The first kappa shape index (κ1) is 12.6. The molecule has 1 aromatic carbocycles. The van der Waals surface area contributed by atoms with Gasteiger partial charge in [-0.25, -0.2) is 4.39 Å². The van der Waals surface area contributed by atoms with Crippen LogP contribution in [0.15, 0.2) is 41.2 Å². The second-order valence-electron chi connectivity index (χ2n) is 4.31. The number of anilines is 1. The highest BCUT2D eigenvalue weighted by molar-refractivity contribution is 5.49. The standard InChI is InChI=1S/C14H17FN2O/c1-17(9-12-5-7-18-10-12)14-3-2-11(4-6-16)8-13(14)15/h2-3,5,7-8,10H,4,6,9,16H2,1H3. The summed E-state index contributed by atoms with van der Waals surface area (Å²) in [4.78, 5) is 1.85. The Morgan fingerprint density at radius 2 is 2.11 bits per heavy atom. The molecule has 0 unspecified atom stereocenters. The maximum absolute atomic E-state index is 13.9. The lowest BCUT2D eigenvalue weighted by atomic mass is 10.1. The summed E-state index contributed by atoms with van der Waals surface area (Å²) in [5.74, 6) is -0.216. The zero-order valence-corrected chi connectivity index (χ0v) is 10.4. The molecule has 0 aliphatic carbocycles. The highest BCUT2D eigenvalue weighted by Gasteiger charge is 2.09. The largest absolute Gasteiger partial charge is 0.472 e. The van der Waals surface area contributed by atoms with E-state index >= 15 is 0 Å². The summed E-state index contributed by atoms with van der Waals surface area (Å²) >= 11 is 0. The summed E-state index contributed by atoms with van der Waals surface area (Å²) in [5.41, 5.74) is 7.98. The number of halogens is 1. The van der Waals surface area contributed by atoms with Gasteiger partial charge in [-0.3, -0.25) is 0 Å². The van der Waals surface area contributed by atoms with Crippen molar-refractivity contribution in [2.45, 2.75) is 13.0 Å². The van der Waals surface area contributed by atoms with Crippen molar-refractivity contribution in [3.05, 3.63) is 53.7 Å². The van der Waals surface area contributed by atoms with Gasteiger partial charge in [-0.15, -0.1) is 0 Å². The molecule has 0 aliphatic heterocycles. The number of furan rings is 1. The van der Waals surface area contributed by atoms with Gasteiger partial charge in [-0.05, 0) is 36.7 Å². The Kier molecular flexibility index (Phi) is 3.99. The average molecular weight is 248 g/mol. The summed E-state index contributed by atoms with van der Waals surface area (Å²) in [6.45, 7) is 1.15. The molecule has 0 saturated heterocycles. The molecule has 0 atom stereocenters. The monoisotopic (exact) mass is 248 g/mol. The van der Waals surface area contributed by atoms with Crippen molar-refractivity contribution in [1.82, 2.24) is 0 Å². The molecular formula is C14H17FN2O. The summed E-state index contributed by atoms with van der Waals surface area (Å²) in [7, 11) is 1.86. The van der Waals surface area contributed by atoms with E-state index < -0.39 is 0 Å². The molecule has 2 rings (SSSR count). The molecule has 4 heteroatoms. The average Bonchev–Trinajstić information content (AvgIpc) is 2.82. The van der Waals surface area contributed by atoms with Crippen molar-refractivity contribution in [2.24, 2.45) is 5.73 Å². The zero-order chi connectivity index (χ0) is 13.0. The molecule has 96 valence electrons. The smallest absolute Gasteiger partial charge is 0.146 e.